The van der Waals surface area contributed by atoms with Gasteiger partial charge in [-0.05, 0) is 54.6 Å². The second kappa shape index (κ2) is 13.9. The molecule has 1 amide bonds. The van der Waals surface area contributed by atoms with E-state index in [4.69, 9.17) is 30.7 Å². The third kappa shape index (κ3) is 7.20. The number of carbonyl (C=O) groups is 3. The SMILES string of the molecule is Cn1c(CNc2ccc(C(=N)N)cc2)nc2cc(C(=O)N(CCC(=O)OC3C(O)O[C@H](C(=O)O)[C@@H](O)[C@@H]3O)c3ccccn3)ccc21. The van der Waals surface area contributed by atoms with Gasteiger partial charge in [-0.3, -0.25) is 19.9 Å². The molecule has 1 saturated heterocycles. The number of anilines is 2. The fourth-order valence-corrected chi connectivity index (χ4v) is 5.08. The van der Waals surface area contributed by atoms with Crippen LogP contribution >= 0.6 is 0 Å². The molecule has 47 heavy (non-hydrogen) atoms. The molecule has 8 N–H and O–H groups in total. The number of aliphatic hydroxyl groups is 3. The Balaban J connectivity index is 1.29. The number of amidine groups is 1. The number of rotatable bonds is 11. The molecule has 2 unspecified atom stereocenters. The molecule has 0 radical (unpaired) electrons. The number of aliphatic carboxylic acids is 1. The number of pyridine rings is 1. The highest BCUT2D eigenvalue weighted by atomic mass is 16.7. The Bertz CT molecular complexity index is 1780. The van der Waals surface area contributed by atoms with Crippen LogP contribution in [0, 0.1) is 5.41 Å². The Morgan fingerprint density at radius 2 is 1.79 bits per heavy atom. The summed E-state index contributed by atoms with van der Waals surface area (Å²) < 4.78 is 11.8. The van der Waals surface area contributed by atoms with E-state index in [1.54, 1.807) is 48.5 Å². The molecule has 2 aromatic carbocycles. The van der Waals surface area contributed by atoms with E-state index in [9.17, 15) is 29.7 Å². The van der Waals surface area contributed by atoms with Crippen LogP contribution in [0.2, 0.25) is 0 Å². The first-order valence-corrected chi connectivity index (χ1v) is 14.4. The summed E-state index contributed by atoms with van der Waals surface area (Å²) in [5.74, 6) is -2.15. The Labute approximate surface area is 267 Å². The molecule has 1 fully saturated rings. The first-order valence-electron chi connectivity index (χ1n) is 14.4. The molecule has 0 spiro atoms. The van der Waals surface area contributed by atoms with Gasteiger partial charge in [0, 0.05) is 36.6 Å². The quantitative estimate of drug-likeness (QED) is 0.0660. The molecule has 16 heteroatoms. The second-order valence-corrected chi connectivity index (χ2v) is 10.8. The lowest BCUT2D eigenvalue weighted by molar-refractivity contribution is -0.284. The Hall–Kier alpha value is -5.42. The van der Waals surface area contributed by atoms with Crippen LogP contribution in [-0.2, 0) is 32.7 Å². The number of aliphatic hydroxyl groups excluding tert-OH is 3. The standard InChI is InChI=1S/C31H33N7O9/c1-37-20-10-7-17(14-19(20)36-22(37)15-35-18-8-5-16(6-9-18)28(32)33)29(42)38(21-4-2-3-12-34-21)13-11-23(39)46-27-25(41)24(40)26(30(43)44)47-31(27)45/h2-10,12,14,24-27,31,35,40-41,45H,11,13,15H2,1H3,(H3,32,33)(H,43,44)/t24-,25-,26-,27?,31?/m0/s1. The first-order chi connectivity index (χ1) is 22.4. The summed E-state index contributed by atoms with van der Waals surface area (Å²) >= 11 is 0. The number of esters is 1. The lowest BCUT2D eigenvalue weighted by atomic mass is 9.99. The largest absolute Gasteiger partial charge is 0.479 e. The number of ether oxygens (including phenoxy) is 2. The zero-order chi connectivity index (χ0) is 33.8. The van der Waals surface area contributed by atoms with Gasteiger partial charge in [0.2, 0.25) is 0 Å². The Morgan fingerprint density at radius 1 is 1.06 bits per heavy atom. The smallest absolute Gasteiger partial charge is 0.335 e. The summed E-state index contributed by atoms with van der Waals surface area (Å²) in [6.07, 6.45) is -8.51. The van der Waals surface area contributed by atoms with Crippen molar-refractivity contribution in [3.8, 4) is 0 Å². The van der Waals surface area contributed by atoms with Crippen LogP contribution in [0.1, 0.15) is 28.2 Å². The molecule has 2 aromatic heterocycles. The van der Waals surface area contributed by atoms with Gasteiger partial charge in [-0.1, -0.05) is 6.07 Å². The molecular formula is C31H33N7O9. The highest BCUT2D eigenvalue weighted by Crippen LogP contribution is 2.24. The summed E-state index contributed by atoms with van der Waals surface area (Å²) in [6.45, 7) is 0.159. The zero-order valence-electron chi connectivity index (χ0n) is 25.1. The van der Waals surface area contributed by atoms with E-state index in [-0.39, 0.29) is 23.8 Å². The number of carbonyl (C=O) groups excluding carboxylic acids is 2. The lowest BCUT2D eigenvalue weighted by Gasteiger charge is -2.38. The molecule has 1 aliphatic heterocycles. The van der Waals surface area contributed by atoms with Gasteiger partial charge in [-0.2, -0.15) is 0 Å². The molecule has 3 heterocycles. The third-order valence-corrected chi connectivity index (χ3v) is 7.65. The number of hydrogen-bond acceptors (Lipinski definition) is 12. The van der Waals surface area contributed by atoms with Crippen LogP contribution in [0.4, 0.5) is 11.5 Å². The number of aromatic nitrogens is 3. The maximum Gasteiger partial charge on any atom is 0.335 e. The molecule has 16 nitrogen and oxygen atoms in total. The third-order valence-electron chi connectivity index (χ3n) is 7.65. The zero-order valence-corrected chi connectivity index (χ0v) is 25.1. The van der Waals surface area contributed by atoms with Crippen molar-refractivity contribution in [1.82, 2.24) is 14.5 Å². The fourth-order valence-electron chi connectivity index (χ4n) is 5.08. The lowest BCUT2D eigenvalue weighted by Crippen LogP contribution is -2.60. The van der Waals surface area contributed by atoms with E-state index in [0.29, 0.717) is 23.4 Å². The van der Waals surface area contributed by atoms with Crippen molar-refractivity contribution < 1.29 is 44.3 Å². The van der Waals surface area contributed by atoms with Crippen molar-refractivity contribution >= 4 is 46.2 Å². The number of carboxylic acids is 1. The number of nitrogens with zero attached hydrogens (tertiary/aromatic N) is 4. The number of benzene rings is 2. The minimum absolute atomic E-state index is 0.0222. The van der Waals surface area contributed by atoms with Gasteiger partial charge in [0.1, 0.15) is 29.7 Å². The van der Waals surface area contributed by atoms with Crippen molar-refractivity contribution in [1.29, 1.82) is 5.41 Å². The van der Waals surface area contributed by atoms with Crippen LogP contribution in [-0.4, -0.2) is 95.9 Å². The van der Waals surface area contributed by atoms with Gasteiger partial charge in [0.05, 0.1) is 24.0 Å². The van der Waals surface area contributed by atoms with Gasteiger partial charge >= 0.3 is 11.9 Å². The topological polar surface area (TPSA) is 246 Å². The van der Waals surface area contributed by atoms with Gasteiger partial charge < -0.3 is 45.5 Å². The first kappa shape index (κ1) is 33.0. The highest BCUT2D eigenvalue weighted by molar-refractivity contribution is 6.07. The molecule has 4 aromatic rings. The maximum absolute atomic E-state index is 13.8. The number of nitrogens with one attached hydrogen (secondary N) is 2. The number of nitrogen functional groups attached to an aromatic ring is 1. The Kier molecular flexibility index (Phi) is 9.76. The van der Waals surface area contributed by atoms with Gasteiger partial charge in [0.25, 0.3) is 5.91 Å². The van der Waals surface area contributed by atoms with Crippen molar-refractivity contribution in [2.75, 3.05) is 16.8 Å². The number of imidazole rings is 1. The minimum atomic E-state index is -2.01. The number of amides is 1. The van der Waals surface area contributed by atoms with E-state index < -0.39 is 55.0 Å². The van der Waals surface area contributed by atoms with Crippen LogP contribution in [0.3, 0.4) is 0 Å². The molecule has 246 valence electrons. The molecule has 1 aliphatic rings. The summed E-state index contributed by atoms with van der Waals surface area (Å²) in [7, 11) is 1.85. The summed E-state index contributed by atoms with van der Waals surface area (Å²) in [5.41, 5.74) is 8.54. The normalized spacial score (nSPS) is 20.8. The average Bonchev–Trinajstić information content (AvgIpc) is 3.38. The van der Waals surface area contributed by atoms with E-state index >= 15 is 0 Å². The number of nitrogens with two attached hydrogens (primary N) is 1. The number of carboxylic acid groups (broad SMARTS) is 1. The summed E-state index contributed by atoms with van der Waals surface area (Å²) in [6, 6.07) is 17.0. The predicted octanol–water partition coefficient (Wildman–Crippen LogP) is 0.337. The van der Waals surface area contributed by atoms with Crippen molar-refractivity contribution in [3.63, 3.8) is 0 Å². The number of hydrogen-bond donors (Lipinski definition) is 7. The molecule has 5 rings (SSSR count). The van der Waals surface area contributed by atoms with Crippen LogP contribution in [0.25, 0.3) is 11.0 Å². The highest BCUT2D eigenvalue weighted by Gasteiger charge is 2.49. The molecule has 0 aliphatic carbocycles. The molecular weight excluding hydrogens is 614 g/mol. The second-order valence-electron chi connectivity index (χ2n) is 10.8. The molecule has 5 atom stereocenters. The van der Waals surface area contributed by atoms with Crippen molar-refractivity contribution in [2.45, 2.75) is 43.7 Å². The minimum Gasteiger partial charge on any atom is -0.479 e. The number of fused-ring (bicyclic) bond motifs is 1. The fraction of sp³-hybridized carbons (Fsp3) is 0.290. The molecule has 0 saturated carbocycles. The number of aryl methyl sites for hydroxylation is 1. The van der Waals surface area contributed by atoms with Crippen molar-refractivity contribution in [3.05, 3.63) is 83.8 Å². The molecule has 0 bridgehead atoms. The van der Waals surface area contributed by atoms with E-state index in [2.05, 4.69) is 10.3 Å². The van der Waals surface area contributed by atoms with E-state index in [1.807, 2.05) is 23.7 Å². The van der Waals surface area contributed by atoms with E-state index in [0.717, 1.165) is 11.2 Å². The van der Waals surface area contributed by atoms with Gasteiger partial charge in [0.15, 0.2) is 18.5 Å². The van der Waals surface area contributed by atoms with Crippen molar-refractivity contribution in [2.24, 2.45) is 12.8 Å². The van der Waals surface area contributed by atoms with Crippen LogP contribution < -0.4 is 16.0 Å². The predicted molar refractivity (Wildman–Crippen MR) is 166 cm³/mol. The van der Waals surface area contributed by atoms with Crippen LogP contribution in [0.5, 0.6) is 0 Å². The monoisotopic (exact) mass is 647 g/mol. The summed E-state index contributed by atoms with van der Waals surface area (Å²) in [4.78, 5) is 47.9. The summed E-state index contributed by atoms with van der Waals surface area (Å²) in [5, 5.41) is 50.3. The average molecular weight is 648 g/mol. The van der Waals surface area contributed by atoms with Crippen LogP contribution in [0.15, 0.2) is 66.9 Å². The van der Waals surface area contributed by atoms with E-state index in [1.165, 1.54) is 11.1 Å². The Morgan fingerprint density at radius 3 is 2.45 bits per heavy atom. The van der Waals surface area contributed by atoms with Gasteiger partial charge in [-0.25, -0.2) is 14.8 Å². The maximum atomic E-state index is 13.8. The van der Waals surface area contributed by atoms with Gasteiger partial charge in [-0.15, -0.1) is 0 Å².